The highest BCUT2D eigenvalue weighted by atomic mass is 32.2. The van der Waals surface area contributed by atoms with E-state index in [2.05, 4.69) is 5.32 Å². The van der Waals surface area contributed by atoms with Gasteiger partial charge in [0.15, 0.2) is 0 Å². The first-order valence-corrected chi connectivity index (χ1v) is 9.83. The first-order chi connectivity index (χ1) is 9.62. The van der Waals surface area contributed by atoms with Crippen LogP contribution >= 0.6 is 0 Å². The minimum atomic E-state index is -3.05. The normalized spacial score (nSPS) is 29.6. The number of hydrogen-bond donors (Lipinski definition) is 1. The van der Waals surface area contributed by atoms with Gasteiger partial charge in [-0.25, -0.2) is 12.7 Å². The second-order valence-electron chi connectivity index (χ2n) is 6.95. The van der Waals surface area contributed by atoms with E-state index in [1.165, 1.54) is 32.1 Å². The Bertz CT molecular complexity index is 413. The van der Waals surface area contributed by atoms with Gasteiger partial charge in [0.2, 0.25) is 10.0 Å². The molecular formula is C15H28N2O2S. The van der Waals surface area contributed by atoms with Crippen molar-refractivity contribution in [2.45, 2.75) is 63.0 Å². The highest BCUT2D eigenvalue weighted by Gasteiger charge is 2.40. The van der Waals surface area contributed by atoms with E-state index < -0.39 is 10.0 Å². The molecule has 1 spiro atoms. The third-order valence-electron chi connectivity index (χ3n) is 5.76. The molecule has 4 nitrogen and oxygen atoms in total. The lowest BCUT2D eigenvalue weighted by atomic mass is 9.68. The van der Waals surface area contributed by atoms with Crippen LogP contribution in [0.15, 0.2) is 0 Å². The van der Waals surface area contributed by atoms with Crippen molar-refractivity contribution in [3.8, 4) is 0 Å². The standard InChI is InChI=1S/C15H28N2O2S/c18-20(19,14-4-10-16-11-5-14)17-12-8-15(9-13-17)6-2-1-3-7-15/h14,16H,1-13H2. The summed E-state index contributed by atoms with van der Waals surface area (Å²) in [6.07, 6.45) is 10.5. The van der Waals surface area contributed by atoms with E-state index in [-0.39, 0.29) is 5.25 Å². The minimum Gasteiger partial charge on any atom is -0.317 e. The summed E-state index contributed by atoms with van der Waals surface area (Å²) in [6.45, 7) is 3.24. The zero-order valence-corrected chi connectivity index (χ0v) is 13.3. The second kappa shape index (κ2) is 5.93. The number of nitrogens with one attached hydrogen (secondary N) is 1. The van der Waals surface area contributed by atoms with E-state index in [1.54, 1.807) is 0 Å². The van der Waals surface area contributed by atoms with Gasteiger partial charge in [0.25, 0.3) is 0 Å². The fourth-order valence-electron chi connectivity index (χ4n) is 4.32. The van der Waals surface area contributed by atoms with Crippen LogP contribution in [0.3, 0.4) is 0 Å². The summed E-state index contributed by atoms with van der Waals surface area (Å²) in [4.78, 5) is 0. The lowest BCUT2D eigenvalue weighted by Crippen LogP contribution is -2.49. The molecule has 0 amide bonds. The molecule has 0 atom stereocenters. The van der Waals surface area contributed by atoms with Gasteiger partial charge in [0.1, 0.15) is 0 Å². The first-order valence-electron chi connectivity index (χ1n) is 8.32. The molecule has 0 aromatic carbocycles. The molecule has 0 aromatic heterocycles. The van der Waals surface area contributed by atoms with E-state index in [0.29, 0.717) is 5.41 Å². The fourth-order valence-corrected chi connectivity index (χ4v) is 6.27. The van der Waals surface area contributed by atoms with Crippen molar-refractivity contribution >= 4 is 10.0 Å². The van der Waals surface area contributed by atoms with E-state index in [4.69, 9.17) is 0 Å². The van der Waals surface area contributed by atoms with Gasteiger partial charge in [-0.2, -0.15) is 0 Å². The molecule has 1 N–H and O–H groups in total. The quantitative estimate of drug-likeness (QED) is 0.850. The Labute approximate surface area is 123 Å². The molecule has 3 aliphatic rings. The van der Waals surface area contributed by atoms with Gasteiger partial charge >= 0.3 is 0 Å². The van der Waals surface area contributed by atoms with Crippen LogP contribution in [0.2, 0.25) is 0 Å². The molecule has 2 saturated heterocycles. The molecule has 20 heavy (non-hydrogen) atoms. The molecule has 1 saturated carbocycles. The van der Waals surface area contributed by atoms with E-state index in [0.717, 1.165) is 51.9 Å². The molecular weight excluding hydrogens is 272 g/mol. The Hall–Kier alpha value is -0.130. The summed E-state index contributed by atoms with van der Waals surface area (Å²) in [6, 6.07) is 0. The third kappa shape index (κ3) is 2.90. The average Bonchev–Trinajstić information content (AvgIpc) is 2.49. The Morgan fingerprint density at radius 2 is 1.50 bits per heavy atom. The number of piperidine rings is 2. The van der Waals surface area contributed by atoms with Crippen LogP contribution in [0.4, 0.5) is 0 Å². The van der Waals surface area contributed by atoms with Crippen molar-refractivity contribution in [3.63, 3.8) is 0 Å². The lowest BCUT2D eigenvalue weighted by molar-refractivity contribution is 0.102. The largest absolute Gasteiger partial charge is 0.317 e. The molecule has 3 fully saturated rings. The van der Waals surface area contributed by atoms with Gasteiger partial charge in [-0.05, 0) is 57.0 Å². The van der Waals surface area contributed by atoms with Crippen molar-refractivity contribution in [3.05, 3.63) is 0 Å². The molecule has 0 aromatic rings. The topological polar surface area (TPSA) is 49.4 Å². The van der Waals surface area contributed by atoms with Crippen molar-refractivity contribution < 1.29 is 8.42 Å². The molecule has 5 heteroatoms. The van der Waals surface area contributed by atoms with Gasteiger partial charge in [0.05, 0.1) is 5.25 Å². The molecule has 0 radical (unpaired) electrons. The van der Waals surface area contributed by atoms with Gasteiger partial charge in [0, 0.05) is 13.1 Å². The van der Waals surface area contributed by atoms with Crippen LogP contribution in [-0.2, 0) is 10.0 Å². The SMILES string of the molecule is O=S(=O)(C1CCNCC1)N1CCC2(CCCCC2)CC1. The van der Waals surface area contributed by atoms with Gasteiger partial charge in [-0.15, -0.1) is 0 Å². The van der Waals surface area contributed by atoms with E-state index in [1.807, 2.05) is 4.31 Å². The van der Waals surface area contributed by atoms with Crippen molar-refractivity contribution in [1.82, 2.24) is 9.62 Å². The highest BCUT2D eigenvalue weighted by Crippen LogP contribution is 2.45. The summed E-state index contributed by atoms with van der Waals surface area (Å²) in [5.41, 5.74) is 0.485. The maximum atomic E-state index is 12.7. The number of nitrogens with zero attached hydrogens (tertiary/aromatic N) is 1. The molecule has 116 valence electrons. The summed E-state index contributed by atoms with van der Waals surface area (Å²) in [5.74, 6) is 0. The Morgan fingerprint density at radius 3 is 2.10 bits per heavy atom. The van der Waals surface area contributed by atoms with Crippen LogP contribution in [0.25, 0.3) is 0 Å². The predicted molar refractivity (Wildman–Crippen MR) is 81.1 cm³/mol. The monoisotopic (exact) mass is 300 g/mol. The van der Waals surface area contributed by atoms with Crippen LogP contribution in [0.5, 0.6) is 0 Å². The zero-order chi connectivity index (χ0) is 14.1. The summed E-state index contributed by atoms with van der Waals surface area (Å²) >= 11 is 0. The molecule has 2 heterocycles. The van der Waals surface area contributed by atoms with Crippen LogP contribution in [0, 0.1) is 5.41 Å². The second-order valence-corrected chi connectivity index (χ2v) is 9.17. The average molecular weight is 300 g/mol. The van der Waals surface area contributed by atoms with Crippen LogP contribution in [0.1, 0.15) is 57.8 Å². The van der Waals surface area contributed by atoms with Crippen molar-refractivity contribution in [2.24, 2.45) is 5.41 Å². The van der Waals surface area contributed by atoms with Crippen molar-refractivity contribution in [2.75, 3.05) is 26.2 Å². The van der Waals surface area contributed by atoms with Gasteiger partial charge in [-0.3, -0.25) is 0 Å². The van der Waals surface area contributed by atoms with Gasteiger partial charge < -0.3 is 5.32 Å². The van der Waals surface area contributed by atoms with Crippen LogP contribution in [-0.4, -0.2) is 44.2 Å². The zero-order valence-electron chi connectivity index (χ0n) is 12.4. The highest BCUT2D eigenvalue weighted by molar-refractivity contribution is 7.89. The van der Waals surface area contributed by atoms with E-state index in [9.17, 15) is 8.42 Å². The number of rotatable bonds is 2. The lowest BCUT2D eigenvalue weighted by Gasteiger charge is -2.44. The number of sulfonamides is 1. The van der Waals surface area contributed by atoms with Crippen molar-refractivity contribution in [1.29, 1.82) is 0 Å². The van der Waals surface area contributed by atoms with E-state index >= 15 is 0 Å². The maximum Gasteiger partial charge on any atom is 0.217 e. The fraction of sp³-hybridized carbons (Fsp3) is 1.00. The molecule has 1 aliphatic carbocycles. The molecule has 2 aliphatic heterocycles. The Kier molecular flexibility index (Phi) is 4.39. The summed E-state index contributed by atoms with van der Waals surface area (Å²) in [5, 5.41) is 3.12. The molecule has 0 unspecified atom stereocenters. The minimum absolute atomic E-state index is 0.135. The van der Waals surface area contributed by atoms with Gasteiger partial charge in [-0.1, -0.05) is 19.3 Å². The van der Waals surface area contributed by atoms with Crippen LogP contribution < -0.4 is 5.32 Å². The molecule has 0 bridgehead atoms. The Morgan fingerprint density at radius 1 is 0.900 bits per heavy atom. The first kappa shape index (κ1) is 14.8. The predicted octanol–water partition coefficient (Wildman–Crippen LogP) is 2.11. The maximum absolute atomic E-state index is 12.7. The summed E-state index contributed by atoms with van der Waals surface area (Å²) in [7, 11) is -3.05. The Balaban J connectivity index is 1.62. The number of hydrogen-bond acceptors (Lipinski definition) is 3. The smallest absolute Gasteiger partial charge is 0.217 e. The summed E-state index contributed by atoms with van der Waals surface area (Å²) < 4.78 is 27.2. The third-order valence-corrected chi connectivity index (χ3v) is 8.16. The molecule has 3 rings (SSSR count).